The Balaban J connectivity index is 2.83. The van der Waals surface area contributed by atoms with Gasteiger partial charge in [0, 0.05) is 13.1 Å². The first-order valence-corrected chi connectivity index (χ1v) is 5.59. The van der Waals surface area contributed by atoms with Crippen LogP contribution in [-0.4, -0.2) is 41.0 Å². The minimum absolute atomic E-state index is 0.0101. The van der Waals surface area contributed by atoms with E-state index in [0.29, 0.717) is 13.0 Å². The van der Waals surface area contributed by atoms with Gasteiger partial charge in [-0.05, 0) is 19.3 Å². The van der Waals surface area contributed by atoms with Crippen LogP contribution in [0.2, 0.25) is 0 Å². The molecule has 5 nitrogen and oxygen atoms in total. The van der Waals surface area contributed by atoms with Gasteiger partial charge in [0.25, 0.3) is 0 Å². The summed E-state index contributed by atoms with van der Waals surface area (Å²) in [6, 6.07) is -0.559. The second-order valence-corrected chi connectivity index (χ2v) is 4.91. The third-order valence-corrected chi connectivity index (χ3v) is 3.53. The van der Waals surface area contributed by atoms with E-state index < -0.39 is 17.4 Å². The van der Waals surface area contributed by atoms with Gasteiger partial charge in [0.15, 0.2) is 0 Å². The molecule has 0 aromatic carbocycles. The van der Waals surface area contributed by atoms with E-state index in [0.717, 1.165) is 0 Å². The molecule has 1 rings (SSSR count). The van der Waals surface area contributed by atoms with Crippen molar-refractivity contribution >= 4 is 11.9 Å². The van der Waals surface area contributed by atoms with Crippen LogP contribution in [0.25, 0.3) is 0 Å². The predicted octanol–water partition coefficient (Wildman–Crippen LogP) is 0.293. The third-order valence-electron chi connectivity index (χ3n) is 3.53. The van der Waals surface area contributed by atoms with E-state index in [9.17, 15) is 14.7 Å². The molecule has 0 bridgehead atoms. The fourth-order valence-electron chi connectivity index (χ4n) is 2.20. The number of carbonyl (C=O) groups is 2. The van der Waals surface area contributed by atoms with Gasteiger partial charge in [-0.25, -0.2) is 0 Å². The van der Waals surface area contributed by atoms with E-state index in [1.807, 2.05) is 13.8 Å². The van der Waals surface area contributed by atoms with Crippen molar-refractivity contribution in [3.63, 3.8) is 0 Å². The first-order valence-electron chi connectivity index (χ1n) is 5.59. The average Bonchev–Trinajstić information content (AvgIpc) is 2.61. The second-order valence-electron chi connectivity index (χ2n) is 4.91. The van der Waals surface area contributed by atoms with Gasteiger partial charge in [0.2, 0.25) is 5.91 Å². The SMILES string of the molecule is CC(C)C1(C(=O)O)CCN(C(=O)[C@@H](C)N)C1. The molecule has 92 valence electrons. The smallest absolute Gasteiger partial charge is 0.311 e. The first-order chi connectivity index (χ1) is 7.31. The molecule has 0 saturated carbocycles. The van der Waals surface area contributed by atoms with Crippen LogP contribution in [0, 0.1) is 11.3 Å². The van der Waals surface area contributed by atoms with Crippen LogP contribution in [0.3, 0.4) is 0 Å². The average molecular weight is 228 g/mol. The highest BCUT2D eigenvalue weighted by atomic mass is 16.4. The highest BCUT2D eigenvalue weighted by Gasteiger charge is 2.48. The molecule has 16 heavy (non-hydrogen) atoms. The lowest BCUT2D eigenvalue weighted by molar-refractivity contribution is -0.151. The van der Waals surface area contributed by atoms with E-state index in [1.54, 1.807) is 11.8 Å². The first kappa shape index (κ1) is 13.0. The number of amides is 1. The Bertz CT molecular complexity index is 302. The molecule has 1 aliphatic rings. The lowest BCUT2D eigenvalue weighted by Gasteiger charge is -2.29. The summed E-state index contributed by atoms with van der Waals surface area (Å²) in [5.41, 5.74) is 4.72. The zero-order valence-corrected chi connectivity index (χ0v) is 10.1. The molecule has 2 atom stereocenters. The molecule has 0 radical (unpaired) electrons. The van der Waals surface area contributed by atoms with Crippen LogP contribution in [0.15, 0.2) is 0 Å². The lowest BCUT2D eigenvalue weighted by Crippen LogP contribution is -2.44. The highest BCUT2D eigenvalue weighted by molar-refractivity contribution is 5.83. The van der Waals surface area contributed by atoms with Crippen molar-refractivity contribution in [3.8, 4) is 0 Å². The molecule has 0 spiro atoms. The molecular formula is C11H20N2O3. The summed E-state index contributed by atoms with van der Waals surface area (Å²) in [7, 11) is 0. The molecule has 1 amide bonds. The van der Waals surface area contributed by atoms with E-state index in [2.05, 4.69) is 0 Å². The van der Waals surface area contributed by atoms with Crippen LogP contribution >= 0.6 is 0 Å². The molecular weight excluding hydrogens is 208 g/mol. The maximum Gasteiger partial charge on any atom is 0.311 e. The topological polar surface area (TPSA) is 83.6 Å². The number of carboxylic acid groups (broad SMARTS) is 1. The van der Waals surface area contributed by atoms with Gasteiger partial charge in [-0.2, -0.15) is 0 Å². The van der Waals surface area contributed by atoms with Crippen molar-refractivity contribution in [3.05, 3.63) is 0 Å². The molecule has 0 aromatic rings. The summed E-state index contributed by atoms with van der Waals surface area (Å²) in [5.74, 6) is -0.970. The Morgan fingerprint density at radius 3 is 2.25 bits per heavy atom. The van der Waals surface area contributed by atoms with Crippen molar-refractivity contribution < 1.29 is 14.7 Å². The molecule has 0 aliphatic carbocycles. The van der Waals surface area contributed by atoms with E-state index in [1.165, 1.54) is 0 Å². The van der Waals surface area contributed by atoms with Crippen molar-refractivity contribution in [2.24, 2.45) is 17.1 Å². The summed E-state index contributed by atoms with van der Waals surface area (Å²) < 4.78 is 0. The van der Waals surface area contributed by atoms with Crippen molar-refractivity contribution in [1.29, 1.82) is 0 Å². The molecule has 1 aliphatic heterocycles. The number of hydrogen-bond donors (Lipinski definition) is 2. The van der Waals surface area contributed by atoms with Gasteiger partial charge in [-0.3, -0.25) is 9.59 Å². The Labute approximate surface area is 95.6 Å². The van der Waals surface area contributed by atoms with Crippen LogP contribution in [0.4, 0.5) is 0 Å². The maximum absolute atomic E-state index is 11.7. The summed E-state index contributed by atoms with van der Waals surface area (Å²) in [5, 5.41) is 9.30. The quantitative estimate of drug-likeness (QED) is 0.727. The summed E-state index contributed by atoms with van der Waals surface area (Å²) in [4.78, 5) is 24.6. The zero-order valence-electron chi connectivity index (χ0n) is 10.1. The number of hydrogen-bond acceptors (Lipinski definition) is 3. The molecule has 5 heteroatoms. The number of likely N-dealkylation sites (tertiary alicyclic amines) is 1. The minimum atomic E-state index is -0.817. The number of carbonyl (C=O) groups excluding carboxylic acids is 1. The van der Waals surface area contributed by atoms with Crippen molar-refractivity contribution in [1.82, 2.24) is 4.90 Å². The van der Waals surface area contributed by atoms with Gasteiger partial charge in [0.05, 0.1) is 11.5 Å². The monoisotopic (exact) mass is 228 g/mol. The molecule has 1 saturated heterocycles. The minimum Gasteiger partial charge on any atom is -0.481 e. The summed E-state index contributed by atoms with van der Waals surface area (Å²) in [6.45, 7) is 6.16. The molecule has 1 heterocycles. The fraction of sp³-hybridized carbons (Fsp3) is 0.818. The summed E-state index contributed by atoms with van der Waals surface area (Å²) >= 11 is 0. The third kappa shape index (κ3) is 2.04. The van der Waals surface area contributed by atoms with Crippen LogP contribution in [0.1, 0.15) is 27.2 Å². The number of carboxylic acids is 1. The Morgan fingerprint density at radius 2 is 1.94 bits per heavy atom. The second kappa shape index (κ2) is 4.41. The Kier molecular flexibility index (Phi) is 3.57. The van der Waals surface area contributed by atoms with E-state index in [4.69, 9.17) is 5.73 Å². The van der Waals surface area contributed by atoms with Gasteiger partial charge < -0.3 is 15.7 Å². The van der Waals surface area contributed by atoms with Crippen LogP contribution < -0.4 is 5.73 Å². The Hall–Kier alpha value is -1.10. The van der Waals surface area contributed by atoms with Crippen molar-refractivity contribution in [2.75, 3.05) is 13.1 Å². The van der Waals surface area contributed by atoms with Crippen LogP contribution in [0.5, 0.6) is 0 Å². The van der Waals surface area contributed by atoms with Crippen LogP contribution in [-0.2, 0) is 9.59 Å². The van der Waals surface area contributed by atoms with Gasteiger partial charge >= 0.3 is 5.97 Å². The van der Waals surface area contributed by atoms with E-state index >= 15 is 0 Å². The number of nitrogens with zero attached hydrogens (tertiary/aromatic N) is 1. The van der Waals surface area contributed by atoms with E-state index in [-0.39, 0.29) is 18.4 Å². The van der Waals surface area contributed by atoms with Gasteiger partial charge in [-0.1, -0.05) is 13.8 Å². The molecule has 1 fully saturated rings. The highest BCUT2D eigenvalue weighted by Crippen LogP contribution is 2.38. The molecule has 0 aromatic heterocycles. The van der Waals surface area contributed by atoms with Crippen molar-refractivity contribution in [2.45, 2.75) is 33.2 Å². The predicted molar refractivity (Wildman–Crippen MR) is 59.8 cm³/mol. The lowest BCUT2D eigenvalue weighted by atomic mass is 9.76. The Morgan fingerprint density at radius 1 is 1.38 bits per heavy atom. The van der Waals surface area contributed by atoms with Gasteiger partial charge in [-0.15, -0.1) is 0 Å². The number of nitrogens with two attached hydrogens (primary N) is 1. The zero-order chi connectivity index (χ0) is 12.5. The fourth-order valence-corrected chi connectivity index (χ4v) is 2.20. The molecule has 1 unspecified atom stereocenters. The van der Waals surface area contributed by atoms with Gasteiger partial charge in [0.1, 0.15) is 0 Å². The summed E-state index contributed by atoms with van der Waals surface area (Å²) in [6.07, 6.45) is 0.512. The normalized spacial score (nSPS) is 27.2. The number of rotatable bonds is 3. The number of aliphatic carboxylic acids is 1. The molecule has 3 N–H and O–H groups in total. The largest absolute Gasteiger partial charge is 0.481 e. The standard InChI is InChI=1S/C11H20N2O3/c1-7(2)11(10(15)16)4-5-13(6-11)9(14)8(3)12/h7-8H,4-6,12H2,1-3H3,(H,15,16)/t8-,11?/m1/s1. The maximum atomic E-state index is 11.7.